The van der Waals surface area contributed by atoms with Gasteiger partial charge >= 0.3 is 0 Å². The number of benzene rings is 1. The first-order chi connectivity index (χ1) is 9.23. The van der Waals surface area contributed by atoms with Gasteiger partial charge in [-0.25, -0.2) is 0 Å². The minimum Gasteiger partial charge on any atom is -0.256 e. The summed E-state index contributed by atoms with van der Waals surface area (Å²) in [7, 11) is 0. The molecule has 0 spiro atoms. The van der Waals surface area contributed by atoms with Crippen LogP contribution in [0.15, 0.2) is 47.0 Å². The summed E-state index contributed by atoms with van der Waals surface area (Å²) in [6.45, 7) is -2.62. The topological polar surface area (TPSA) is 12.9 Å². The second-order valence-corrected chi connectivity index (χ2v) is 3.53. The molecule has 1 aromatic carbocycles. The van der Waals surface area contributed by atoms with E-state index in [-0.39, 0.29) is 11.7 Å². The minimum atomic E-state index is -2.62. The third-order valence-corrected chi connectivity index (χ3v) is 2.41. The number of hydrogen-bond acceptors (Lipinski definition) is 1. The normalized spacial score (nSPS) is 17.2. The Morgan fingerprint density at radius 1 is 1.43 bits per heavy atom. The maximum atomic E-state index is 8.03. The lowest BCUT2D eigenvalue weighted by Gasteiger charge is -2.03. The summed E-state index contributed by atoms with van der Waals surface area (Å²) < 4.78 is 46.3. The number of nitrogens with zero attached hydrogens (tertiary/aromatic N) is 1. The van der Waals surface area contributed by atoms with Crippen molar-refractivity contribution in [3.05, 3.63) is 52.6 Å². The van der Waals surface area contributed by atoms with Crippen LogP contribution in [0.5, 0.6) is 0 Å². The fraction of sp³-hybridized carbons (Fsp3) is 0.0833. The van der Waals surface area contributed by atoms with Gasteiger partial charge in [0.05, 0.1) is 9.81 Å². The summed E-state index contributed by atoms with van der Waals surface area (Å²) in [4.78, 5) is 3.89. The zero-order valence-corrected chi connectivity index (χ0v) is 8.72. The van der Waals surface area contributed by atoms with Crippen molar-refractivity contribution < 1.29 is 8.22 Å². The summed E-state index contributed by atoms with van der Waals surface area (Å²) in [6, 6.07) is 6.07. The number of pyridine rings is 1. The van der Waals surface area contributed by atoms with Crippen LogP contribution in [-0.2, 0) is 0 Å². The lowest BCUT2D eigenvalue weighted by molar-refractivity contribution is 1.28. The molecule has 0 amide bonds. The van der Waals surface area contributed by atoms with Gasteiger partial charge in [0.1, 0.15) is 0 Å². The molecule has 2 heteroatoms. The van der Waals surface area contributed by atoms with Crippen molar-refractivity contribution in [2.24, 2.45) is 0 Å². The van der Waals surface area contributed by atoms with Gasteiger partial charge in [-0.2, -0.15) is 0 Å². The molecule has 0 aliphatic heterocycles. The van der Waals surface area contributed by atoms with E-state index < -0.39 is 24.6 Å². The summed E-state index contributed by atoms with van der Waals surface area (Å²) in [6.07, 6.45) is -0.446. The molecule has 0 aliphatic carbocycles. The van der Waals surface area contributed by atoms with Crippen molar-refractivity contribution in [2.75, 3.05) is 0 Å². The van der Waals surface area contributed by atoms with Crippen LogP contribution < -0.4 is 0 Å². The van der Waals surface area contributed by atoms with E-state index in [0.717, 1.165) is 0 Å². The third-order valence-electron chi connectivity index (χ3n) is 1.72. The predicted octanol–water partition coefficient (Wildman–Crippen LogP) is 3.82. The molecule has 0 saturated heterocycles. The second-order valence-electron chi connectivity index (χ2n) is 2.68. The Morgan fingerprint density at radius 2 is 2.29 bits per heavy atom. The highest BCUT2D eigenvalue weighted by atomic mass is 79.9. The Morgan fingerprint density at radius 3 is 3.07 bits per heavy atom. The smallest absolute Gasteiger partial charge is 0.0840 e. The van der Waals surface area contributed by atoms with Crippen LogP contribution in [0.1, 0.15) is 13.8 Å². The fourth-order valence-corrected chi connectivity index (χ4v) is 1.57. The zero-order valence-electron chi connectivity index (χ0n) is 13.1. The monoisotopic (exact) mass is 253 g/mol. The van der Waals surface area contributed by atoms with Crippen LogP contribution in [0.4, 0.5) is 0 Å². The Labute approximate surface area is 100 Å². The van der Waals surface area contributed by atoms with Crippen molar-refractivity contribution >= 4 is 15.9 Å². The molecule has 0 saturated carbocycles. The predicted molar refractivity (Wildman–Crippen MR) is 62.1 cm³/mol. The lowest BCUT2D eigenvalue weighted by atomic mass is 10.1. The van der Waals surface area contributed by atoms with Crippen LogP contribution in [-0.4, -0.2) is 4.98 Å². The van der Waals surface area contributed by atoms with Gasteiger partial charge in [0.25, 0.3) is 0 Å². The van der Waals surface area contributed by atoms with Crippen molar-refractivity contribution in [1.29, 1.82) is 0 Å². The summed E-state index contributed by atoms with van der Waals surface area (Å²) in [5.41, 5.74) is 0.171. The molecule has 0 unspecified atom stereocenters. The van der Waals surface area contributed by atoms with E-state index in [1.54, 1.807) is 24.3 Å². The zero-order chi connectivity index (χ0) is 15.1. The van der Waals surface area contributed by atoms with Gasteiger partial charge in [-0.3, -0.25) is 4.98 Å². The van der Waals surface area contributed by atoms with Crippen molar-refractivity contribution in [3.8, 4) is 11.3 Å². The molecule has 2 aromatic rings. The van der Waals surface area contributed by atoms with E-state index in [0.29, 0.717) is 10.0 Å². The molecule has 1 heterocycles. The highest BCUT2D eigenvalue weighted by Gasteiger charge is 2.02. The van der Waals surface area contributed by atoms with Gasteiger partial charge in [0.2, 0.25) is 0 Å². The molecule has 0 bridgehead atoms. The molecule has 0 aliphatic rings. The van der Waals surface area contributed by atoms with Crippen molar-refractivity contribution in [3.63, 3.8) is 0 Å². The minimum absolute atomic E-state index is 0.0876. The van der Waals surface area contributed by atoms with Gasteiger partial charge in [-0.15, -0.1) is 0 Å². The highest BCUT2D eigenvalue weighted by molar-refractivity contribution is 9.10. The van der Waals surface area contributed by atoms with Gasteiger partial charge in [-0.05, 0) is 30.6 Å². The number of aromatic nitrogens is 1. The third kappa shape index (κ3) is 1.85. The van der Waals surface area contributed by atoms with E-state index >= 15 is 0 Å². The van der Waals surface area contributed by atoms with E-state index in [1.807, 2.05) is 0 Å². The fourth-order valence-electron chi connectivity index (χ4n) is 1.10. The summed E-state index contributed by atoms with van der Waals surface area (Å²) >= 11 is 3.31. The van der Waals surface area contributed by atoms with Crippen LogP contribution in [0.3, 0.4) is 0 Å². The van der Waals surface area contributed by atoms with Crippen LogP contribution >= 0.6 is 15.9 Å². The van der Waals surface area contributed by atoms with Crippen LogP contribution in [0.2, 0.25) is 0 Å². The molecule has 14 heavy (non-hydrogen) atoms. The highest BCUT2D eigenvalue weighted by Crippen LogP contribution is 2.26. The molecule has 0 atom stereocenters. The lowest BCUT2D eigenvalue weighted by Crippen LogP contribution is -1.84. The van der Waals surface area contributed by atoms with Crippen molar-refractivity contribution in [1.82, 2.24) is 4.98 Å². The van der Waals surface area contributed by atoms with E-state index in [4.69, 9.17) is 8.22 Å². The second kappa shape index (κ2) is 3.93. The van der Waals surface area contributed by atoms with Crippen LogP contribution in [0.25, 0.3) is 11.3 Å². The molecule has 70 valence electrons. The average molecular weight is 254 g/mol. The molecular formula is C12H10BrN. The van der Waals surface area contributed by atoms with Gasteiger partial charge in [-0.1, -0.05) is 34.1 Å². The maximum absolute atomic E-state index is 8.03. The molecule has 1 nitrogen and oxygen atoms in total. The molecule has 0 radical (unpaired) electrons. The number of rotatable bonds is 1. The number of halogens is 1. The van der Waals surface area contributed by atoms with Gasteiger partial charge in [0, 0.05) is 20.3 Å². The first-order valence-corrected chi connectivity index (χ1v) is 4.76. The van der Waals surface area contributed by atoms with Gasteiger partial charge in [0.15, 0.2) is 0 Å². The Bertz CT molecular complexity index is 668. The van der Waals surface area contributed by atoms with Crippen LogP contribution in [0, 0.1) is 6.85 Å². The summed E-state index contributed by atoms with van der Waals surface area (Å²) in [5.74, 6) is 0. The molecule has 0 N–H and O–H groups in total. The standard InChI is InChI=1S/C12H10BrN/c1-9-6-7-14-12(8-9)10-4-2-3-5-11(10)13/h2-8H,1H3/i1D3,6D,7D,8D. The SMILES string of the molecule is [2H]c1nc(-c2ccccc2Br)c([2H])c(C([2H])([2H])[2H])c1[2H]. The molecule has 2 rings (SSSR count). The quantitative estimate of drug-likeness (QED) is 0.753. The summed E-state index contributed by atoms with van der Waals surface area (Å²) in [5, 5.41) is 0. The van der Waals surface area contributed by atoms with Gasteiger partial charge < -0.3 is 0 Å². The first-order valence-electron chi connectivity index (χ1n) is 6.96. The number of hydrogen-bond donors (Lipinski definition) is 0. The molecule has 0 fully saturated rings. The Kier molecular flexibility index (Phi) is 1.28. The molecular weight excluding hydrogens is 238 g/mol. The largest absolute Gasteiger partial charge is 0.256 e. The van der Waals surface area contributed by atoms with E-state index in [1.165, 1.54) is 0 Å². The Hall–Kier alpha value is -1.15. The average Bonchev–Trinajstić information content (AvgIpc) is 2.33. The van der Waals surface area contributed by atoms with Crippen molar-refractivity contribution in [2.45, 2.75) is 6.85 Å². The Balaban J connectivity index is 2.81. The van der Waals surface area contributed by atoms with E-state index in [9.17, 15) is 0 Å². The molecule has 1 aromatic heterocycles. The van der Waals surface area contributed by atoms with E-state index in [2.05, 4.69) is 20.9 Å². The first kappa shape index (κ1) is 4.58. The maximum Gasteiger partial charge on any atom is 0.0840 e.